The summed E-state index contributed by atoms with van der Waals surface area (Å²) in [6, 6.07) is 4.77. The Balaban J connectivity index is 2.40. The summed E-state index contributed by atoms with van der Waals surface area (Å²) in [5.41, 5.74) is 6.69. The molecule has 2 N–H and O–H groups in total. The molecule has 0 aromatic heterocycles. The molecule has 0 radical (unpaired) electrons. The average molecular weight is 312 g/mol. The molecule has 1 aliphatic rings. The van der Waals surface area contributed by atoms with Gasteiger partial charge in [-0.3, -0.25) is 0 Å². The fourth-order valence-electron chi connectivity index (χ4n) is 2.92. The highest BCUT2D eigenvalue weighted by Crippen LogP contribution is 2.29. The number of nitrogens with two attached hydrogens (primary N) is 1. The fraction of sp³-hybridized carbons (Fsp3) is 0.600. The topological polar surface area (TPSA) is 72.6 Å². The Morgan fingerprint density at radius 3 is 2.67 bits per heavy atom. The number of hydrogen-bond acceptors (Lipinski definition) is 4. The van der Waals surface area contributed by atoms with Crippen molar-refractivity contribution in [3.05, 3.63) is 23.8 Å². The van der Waals surface area contributed by atoms with E-state index in [1.54, 1.807) is 36.5 Å². The van der Waals surface area contributed by atoms with Gasteiger partial charge in [-0.2, -0.15) is 4.31 Å². The van der Waals surface area contributed by atoms with E-state index in [1.807, 2.05) is 6.92 Å². The van der Waals surface area contributed by atoms with E-state index in [4.69, 9.17) is 10.5 Å². The third-order valence-corrected chi connectivity index (χ3v) is 6.16. The molecule has 1 aromatic rings. The number of ether oxygens (including phenoxy) is 1. The third kappa shape index (κ3) is 3.22. The van der Waals surface area contributed by atoms with Gasteiger partial charge in [-0.05, 0) is 50.5 Å². The third-order valence-electron chi connectivity index (χ3n) is 4.07. The minimum atomic E-state index is -3.51. The summed E-state index contributed by atoms with van der Waals surface area (Å²) >= 11 is 0. The van der Waals surface area contributed by atoms with Crippen LogP contribution < -0.4 is 10.5 Å². The zero-order chi connectivity index (χ0) is 15.6. The van der Waals surface area contributed by atoms with Crippen LogP contribution in [0.15, 0.2) is 23.1 Å². The largest absolute Gasteiger partial charge is 0.497 e. The standard InChI is InChI=1S/C15H24N2O3S/c1-11-10-13(20-3)7-8-15(11)21(18,19)17-9-5-4-6-14(17)12(2)16/h7-8,10,12,14H,4-6,9,16H2,1-3H3. The van der Waals surface area contributed by atoms with Crippen molar-refractivity contribution >= 4 is 10.0 Å². The number of aryl methyl sites for hydroxylation is 1. The molecule has 1 saturated heterocycles. The van der Waals surface area contributed by atoms with Gasteiger partial charge < -0.3 is 10.5 Å². The second kappa shape index (κ2) is 6.34. The lowest BCUT2D eigenvalue weighted by atomic mass is 10.00. The van der Waals surface area contributed by atoms with E-state index in [-0.39, 0.29) is 12.1 Å². The van der Waals surface area contributed by atoms with Crippen molar-refractivity contribution in [2.45, 2.75) is 50.1 Å². The highest BCUT2D eigenvalue weighted by Gasteiger charge is 2.35. The van der Waals surface area contributed by atoms with E-state index in [1.165, 1.54) is 0 Å². The van der Waals surface area contributed by atoms with Crippen molar-refractivity contribution in [3.63, 3.8) is 0 Å². The molecule has 0 amide bonds. The van der Waals surface area contributed by atoms with Gasteiger partial charge in [0.1, 0.15) is 5.75 Å². The van der Waals surface area contributed by atoms with Crippen LogP contribution in [0, 0.1) is 6.92 Å². The van der Waals surface area contributed by atoms with E-state index in [0.717, 1.165) is 19.3 Å². The van der Waals surface area contributed by atoms with Crippen LogP contribution in [0.25, 0.3) is 0 Å². The molecule has 21 heavy (non-hydrogen) atoms. The highest BCUT2D eigenvalue weighted by atomic mass is 32.2. The van der Waals surface area contributed by atoms with Crippen molar-refractivity contribution in [1.29, 1.82) is 0 Å². The minimum absolute atomic E-state index is 0.120. The van der Waals surface area contributed by atoms with Crippen molar-refractivity contribution in [2.75, 3.05) is 13.7 Å². The van der Waals surface area contributed by atoms with Gasteiger partial charge in [-0.15, -0.1) is 0 Å². The normalized spacial score (nSPS) is 22.0. The summed E-state index contributed by atoms with van der Waals surface area (Å²) in [6.07, 6.45) is 2.74. The van der Waals surface area contributed by atoms with E-state index < -0.39 is 10.0 Å². The molecule has 1 aliphatic heterocycles. The molecule has 1 heterocycles. The maximum atomic E-state index is 13.0. The molecule has 0 saturated carbocycles. The number of rotatable bonds is 4. The Kier molecular flexibility index (Phi) is 4.91. The molecule has 118 valence electrons. The highest BCUT2D eigenvalue weighted by molar-refractivity contribution is 7.89. The van der Waals surface area contributed by atoms with Crippen LogP contribution in [0.3, 0.4) is 0 Å². The van der Waals surface area contributed by atoms with Crippen molar-refractivity contribution < 1.29 is 13.2 Å². The Bertz CT molecular complexity index is 599. The second-order valence-electron chi connectivity index (χ2n) is 5.67. The lowest BCUT2D eigenvalue weighted by molar-refractivity contribution is 0.227. The number of piperidine rings is 1. The second-order valence-corrected chi connectivity index (χ2v) is 7.53. The van der Waals surface area contributed by atoms with Gasteiger partial charge in [0.25, 0.3) is 0 Å². The van der Waals surface area contributed by atoms with Gasteiger partial charge in [0.05, 0.1) is 12.0 Å². The van der Waals surface area contributed by atoms with E-state index in [2.05, 4.69) is 0 Å². The first-order chi connectivity index (χ1) is 9.87. The molecule has 2 atom stereocenters. The summed E-state index contributed by atoms with van der Waals surface area (Å²) < 4.78 is 32.6. The van der Waals surface area contributed by atoms with Gasteiger partial charge in [0.2, 0.25) is 10.0 Å². The Hall–Kier alpha value is -1.11. The fourth-order valence-corrected chi connectivity index (χ4v) is 4.90. The SMILES string of the molecule is COc1ccc(S(=O)(=O)N2CCCCC2C(C)N)c(C)c1. The zero-order valence-electron chi connectivity index (χ0n) is 12.9. The van der Waals surface area contributed by atoms with E-state index in [0.29, 0.717) is 22.8 Å². The molecule has 1 aromatic carbocycles. The van der Waals surface area contributed by atoms with Gasteiger partial charge >= 0.3 is 0 Å². The summed E-state index contributed by atoms with van der Waals surface area (Å²) in [7, 11) is -1.94. The first-order valence-corrected chi connectivity index (χ1v) is 8.74. The zero-order valence-corrected chi connectivity index (χ0v) is 13.7. The Morgan fingerprint density at radius 2 is 2.10 bits per heavy atom. The molecule has 5 nitrogen and oxygen atoms in total. The van der Waals surface area contributed by atoms with Crippen LogP contribution in [-0.2, 0) is 10.0 Å². The smallest absolute Gasteiger partial charge is 0.243 e. The molecule has 2 unspecified atom stereocenters. The summed E-state index contributed by atoms with van der Waals surface area (Å²) in [5.74, 6) is 0.661. The molecular formula is C15H24N2O3S. The quantitative estimate of drug-likeness (QED) is 0.921. The minimum Gasteiger partial charge on any atom is -0.497 e. The lowest BCUT2D eigenvalue weighted by Crippen LogP contribution is -2.51. The molecule has 2 rings (SSSR count). The van der Waals surface area contributed by atoms with Crippen LogP contribution in [0.5, 0.6) is 5.75 Å². The van der Waals surface area contributed by atoms with Crippen LogP contribution in [0.4, 0.5) is 0 Å². The molecular weight excluding hydrogens is 288 g/mol. The Labute approximate surface area is 127 Å². The average Bonchev–Trinajstić information content (AvgIpc) is 2.46. The summed E-state index contributed by atoms with van der Waals surface area (Å²) in [6.45, 7) is 4.21. The van der Waals surface area contributed by atoms with E-state index in [9.17, 15) is 8.42 Å². The van der Waals surface area contributed by atoms with Crippen molar-refractivity contribution in [3.8, 4) is 5.75 Å². The van der Waals surface area contributed by atoms with E-state index >= 15 is 0 Å². The molecule has 0 bridgehead atoms. The van der Waals surface area contributed by atoms with Crippen LogP contribution in [0.1, 0.15) is 31.7 Å². The summed E-state index contributed by atoms with van der Waals surface area (Å²) in [4.78, 5) is 0.343. The van der Waals surface area contributed by atoms with Crippen LogP contribution >= 0.6 is 0 Å². The van der Waals surface area contributed by atoms with Crippen LogP contribution in [-0.4, -0.2) is 38.5 Å². The maximum Gasteiger partial charge on any atom is 0.243 e. The molecule has 1 fully saturated rings. The predicted octanol–water partition coefficient (Wildman–Crippen LogP) is 1.89. The maximum absolute atomic E-state index is 13.0. The molecule has 0 spiro atoms. The number of sulfonamides is 1. The number of hydrogen-bond donors (Lipinski definition) is 1. The predicted molar refractivity (Wildman–Crippen MR) is 82.9 cm³/mol. The van der Waals surface area contributed by atoms with Crippen molar-refractivity contribution in [2.24, 2.45) is 5.73 Å². The number of methoxy groups -OCH3 is 1. The Morgan fingerprint density at radius 1 is 1.38 bits per heavy atom. The lowest BCUT2D eigenvalue weighted by Gasteiger charge is -2.37. The first kappa shape index (κ1) is 16.3. The first-order valence-electron chi connectivity index (χ1n) is 7.30. The molecule has 6 heteroatoms. The van der Waals surface area contributed by atoms with Gasteiger partial charge in [-0.1, -0.05) is 6.42 Å². The summed E-state index contributed by atoms with van der Waals surface area (Å²) in [5, 5.41) is 0. The monoisotopic (exact) mass is 312 g/mol. The number of nitrogens with zero attached hydrogens (tertiary/aromatic N) is 1. The number of benzene rings is 1. The van der Waals surface area contributed by atoms with Crippen LogP contribution in [0.2, 0.25) is 0 Å². The van der Waals surface area contributed by atoms with Crippen molar-refractivity contribution in [1.82, 2.24) is 4.31 Å². The van der Waals surface area contributed by atoms with Gasteiger partial charge in [-0.25, -0.2) is 8.42 Å². The van der Waals surface area contributed by atoms with Gasteiger partial charge in [0, 0.05) is 18.6 Å². The molecule has 0 aliphatic carbocycles. The van der Waals surface area contributed by atoms with Gasteiger partial charge in [0.15, 0.2) is 0 Å².